The summed E-state index contributed by atoms with van der Waals surface area (Å²) in [6.45, 7) is 4.57. The molecule has 0 spiro atoms. The molecule has 0 bridgehead atoms. The zero-order valence-electron chi connectivity index (χ0n) is 7.51. The summed E-state index contributed by atoms with van der Waals surface area (Å²) in [6.07, 6.45) is 7.91. The van der Waals surface area contributed by atoms with Gasteiger partial charge in [0.1, 0.15) is 0 Å². The minimum Gasteiger partial charge on any atom is -0.385 e. The topological polar surface area (TPSA) is 9.23 Å². The van der Waals surface area contributed by atoms with Crippen LogP contribution in [0.4, 0.5) is 0 Å². The molecule has 0 saturated heterocycles. The van der Waals surface area contributed by atoms with Gasteiger partial charge in [0, 0.05) is 13.7 Å². The van der Waals surface area contributed by atoms with Crippen molar-refractivity contribution in [3.63, 3.8) is 0 Å². The van der Waals surface area contributed by atoms with Crippen molar-refractivity contribution in [3.05, 3.63) is 12.7 Å². The van der Waals surface area contributed by atoms with Crippen LogP contribution >= 0.6 is 0 Å². The molecular weight excluding hydrogens is 135 g/mol. The average Bonchev–Trinajstić information content (AvgIpc) is 2.03. The Morgan fingerprint density at radius 3 is 2.82 bits per heavy atom. The lowest BCUT2D eigenvalue weighted by atomic mass is 9.69. The van der Waals surface area contributed by atoms with E-state index in [1.807, 2.05) is 6.08 Å². The monoisotopic (exact) mass is 153 g/mol. The Kier molecular flexibility index (Phi) is 9.56. The molecule has 11 heavy (non-hydrogen) atoms. The number of unbranched alkanes of at least 4 members (excludes halogenated alkanes) is 1. The van der Waals surface area contributed by atoms with E-state index in [9.17, 15) is 0 Å². The molecule has 2 heteroatoms. The van der Waals surface area contributed by atoms with Crippen molar-refractivity contribution in [1.29, 1.82) is 0 Å². The maximum Gasteiger partial charge on any atom is 0.0461 e. The molecule has 0 unspecified atom stereocenters. The van der Waals surface area contributed by atoms with Crippen LogP contribution < -0.4 is 0 Å². The highest BCUT2D eigenvalue weighted by Crippen LogP contribution is 1.99. The average molecular weight is 153 g/mol. The van der Waals surface area contributed by atoms with Gasteiger partial charge in [0.15, 0.2) is 0 Å². The first kappa shape index (κ1) is 10.8. The van der Waals surface area contributed by atoms with Gasteiger partial charge in [-0.1, -0.05) is 18.9 Å². The number of allylic oxidation sites excluding steroid dienone is 1. The van der Waals surface area contributed by atoms with Crippen molar-refractivity contribution in [2.45, 2.75) is 31.9 Å². The van der Waals surface area contributed by atoms with E-state index in [1.165, 1.54) is 25.5 Å². The molecule has 0 aliphatic rings. The molecule has 0 atom stereocenters. The standard InChI is InChI=1S/C9H18BO/c1-3-4-7-10-8-5-6-9-11-2/h3H,1,4-9H2,2H3/q-1. The molecule has 0 fully saturated rings. The van der Waals surface area contributed by atoms with E-state index in [0.717, 1.165) is 13.0 Å². The van der Waals surface area contributed by atoms with Gasteiger partial charge in [0.05, 0.1) is 0 Å². The second-order valence-electron chi connectivity index (χ2n) is 2.64. The SMILES string of the molecule is C=CCC[B-]CCCCOC. The molecule has 0 rings (SSSR count). The zero-order valence-corrected chi connectivity index (χ0v) is 7.51. The third kappa shape index (κ3) is 9.76. The summed E-state index contributed by atoms with van der Waals surface area (Å²) in [4.78, 5) is 0. The van der Waals surface area contributed by atoms with E-state index >= 15 is 0 Å². The normalized spacial score (nSPS) is 9.91. The van der Waals surface area contributed by atoms with Crippen LogP contribution in [0.1, 0.15) is 19.3 Å². The molecule has 0 saturated carbocycles. The van der Waals surface area contributed by atoms with Crippen molar-refractivity contribution in [3.8, 4) is 0 Å². The largest absolute Gasteiger partial charge is 0.385 e. The fourth-order valence-electron chi connectivity index (χ4n) is 0.915. The molecule has 0 N–H and O–H groups in total. The van der Waals surface area contributed by atoms with Crippen molar-refractivity contribution in [2.75, 3.05) is 13.7 Å². The van der Waals surface area contributed by atoms with E-state index in [0.29, 0.717) is 0 Å². The predicted molar refractivity (Wildman–Crippen MR) is 51.3 cm³/mol. The lowest BCUT2D eigenvalue weighted by Crippen LogP contribution is -1.92. The summed E-state index contributed by atoms with van der Waals surface area (Å²) in [6, 6.07) is 0. The Morgan fingerprint density at radius 2 is 2.18 bits per heavy atom. The van der Waals surface area contributed by atoms with Crippen LogP contribution in [0, 0.1) is 0 Å². The number of ether oxygens (including phenoxy) is 1. The number of hydrogen-bond donors (Lipinski definition) is 0. The smallest absolute Gasteiger partial charge is 0.0461 e. The van der Waals surface area contributed by atoms with Gasteiger partial charge in [-0.05, 0) is 6.42 Å². The number of methoxy groups -OCH3 is 1. The maximum absolute atomic E-state index is 4.94. The van der Waals surface area contributed by atoms with E-state index in [1.54, 1.807) is 7.11 Å². The van der Waals surface area contributed by atoms with Gasteiger partial charge < -0.3 is 12.0 Å². The van der Waals surface area contributed by atoms with Crippen LogP contribution in [0.25, 0.3) is 0 Å². The third-order valence-corrected chi connectivity index (χ3v) is 1.58. The molecule has 0 aromatic rings. The maximum atomic E-state index is 4.94. The van der Waals surface area contributed by atoms with Crippen LogP contribution in [0.5, 0.6) is 0 Å². The van der Waals surface area contributed by atoms with Crippen molar-refractivity contribution >= 4 is 7.28 Å². The molecule has 0 aliphatic carbocycles. The highest BCUT2D eigenvalue weighted by Gasteiger charge is 1.79. The lowest BCUT2D eigenvalue weighted by Gasteiger charge is -2.11. The van der Waals surface area contributed by atoms with E-state index in [4.69, 9.17) is 4.74 Å². The highest BCUT2D eigenvalue weighted by molar-refractivity contribution is 6.35. The zero-order chi connectivity index (χ0) is 8.36. The fourth-order valence-corrected chi connectivity index (χ4v) is 0.915. The molecule has 64 valence electrons. The fraction of sp³-hybridized carbons (Fsp3) is 0.778. The minimum atomic E-state index is 0.898. The van der Waals surface area contributed by atoms with Gasteiger partial charge in [0.2, 0.25) is 0 Å². The van der Waals surface area contributed by atoms with Gasteiger partial charge in [-0.15, -0.1) is 6.58 Å². The molecule has 0 heterocycles. The second-order valence-corrected chi connectivity index (χ2v) is 2.64. The molecule has 1 nitrogen and oxygen atoms in total. The molecular formula is C9H18BO-. The highest BCUT2D eigenvalue weighted by atomic mass is 16.5. The van der Waals surface area contributed by atoms with E-state index in [2.05, 4.69) is 13.9 Å². The molecule has 0 aliphatic heterocycles. The van der Waals surface area contributed by atoms with Gasteiger partial charge >= 0.3 is 0 Å². The Hall–Kier alpha value is -0.235. The number of rotatable bonds is 8. The first-order chi connectivity index (χ1) is 5.41. The molecule has 2 radical (unpaired) electrons. The van der Waals surface area contributed by atoms with Crippen LogP contribution in [0.3, 0.4) is 0 Å². The Labute approximate surface area is 71.1 Å². The Balaban J connectivity index is 2.74. The Morgan fingerprint density at radius 1 is 1.36 bits per heavy atom. The molecule has 0 aromatic heterocycles. The van der Waals surface area contributed by atoms with Crippen molar-refractivity contribution in [1.82, 2.24) is 0 Å². The van der Waals surface area contributed by atoms with Gasteiger partial charge in [-0.3, -0.25) is 0 Å². The summed E-state index contributed by atoms with van der Waals surface area (Å²) < 4.78 is 4.94. The molecule has 0 amide bonds. The minimum absolute atomic E-state index is 0.898. The Bertz CT molecular complexity index is 83.6. The van der Waals surface area contributed by atoms with Gasteiger partial charge in [-0.2, -0.15) is 0 Å². The second kappa shape index (κ2) is 9.76. The summed E-state index contributed by atoms with van der Waals surface area (Å²) in [7, 11) is 4.08. The summed E-state index contributed by atoms with van der Waals surface area (Å²) in [5.74, 6) is 0. The van der Waals surface area contributed by atoms with Crippen molar-refractivity contribution < 1.29 is 4.74 Å². The van der Waals surface area contributed by atoms with Crippen LogP contribution in [0.15, 0.2) is 12.7 Å². The summed E-state index contributed by atoms with van der Waals surface area (Å²) in [5, 5.41) is 0. The van der Waals surface area contributed by atoms with E-state index < -0.39 is 0 Å². The first-order valence-electron chi connectivity index (χ1n) is 4.33. The van der Waals surface area contributed by atoms with Crippen LogP contribution in [-0.2, 0) is 4.74 Å². The first-order valence-corrected chi connectivity index (χ1v) is 4.33. The summed E-state index contributed by atoms with van der Waals surface area (Å²) >= 11 is 0. The van der Waals surface area contributed by atoms with E-state index in [-0.39, 0.29) is 0 Å². The van der Waals surface area contributed by atoms with Crippen LogP contribution in [-0.4, -0.2) is 21.0 Å². The number of hydrogen-bond acceptors (Lipinski definition) is 1. The predicted octanol–water partition coefficient (Wildman–Crippen LogP) is 2.53. The lowest BCUT2D eigenvalue weighted by molar-refractivity contribution is 0.194. The van der Waals surface area contributed by atoms with Crippen LogP contribution in [0.2, 0.25) is 12.6 Å². The van der Waals surface area contributed by atoms with Gasteiger partial charge in [0.25, 0.3) is 0 Å². The summed E-state index contributed by atoms with van der Waals surface area (Å²) in [5.41, 5.74) is 0. The quantitative estimate of drug-likeness (QED) is 0.295. The third-order valence-electron chi connectivity index (χ3n) is 1.58. The molecule has 0 aromatic carbocycles. The van der Waals surface area contributed by atoms with Gasteiger partial charge in [-0.25, -0.2) is 12.6 Å². The van der Waals surface area contributed by atoms with Crippen molar-refractivity contribution in [2.24, 2.45) is 0 Å².